The number of nitrogens with zero attached hydrogens (tertiary/aromatic N) is 1. The number of rotatable bonds is 6. The summed E-state index contributed by atoms with van der Waals surface area (Å²) < 4.78 is 10.0. The molecule has 1 amide bonds. The maximum atomic E-state index is 11.7. The number of primary amides is 1. The highest BCUT2D eigenvalue weighted by Crippen LogP contribution is 2.28. The van der Waals surface area contributed by atoms with Gasteiger partial charge in [0.25, 0.3) is 0 Å². The highest BCUT2D eigenvalue weighted by atomic mass is 16.6. The van der Waals surface area contributed by atoms with Crippen LogP contribution in [0.1, 0.15) is 20.9 Å². The number of carbonyl (C=O) groups excluding carboxylic acids is 2. The van der Waals surface area contributed by atoms with Crippen molar-refractivity contribution in [2.45, 2.75) is 0 Å². The number of carbonyl (C=O) groups is 2. The number of amides is 1. The molecule has 0 aliphatic rings. The van der Waals surface area contributed by atoms with Gasteiger partial charge in [0.15, 0.2) is 18.1 Å². The van der Waals surface area contributed by atoms with Crippen LogP contribution in [-0.2, 0) is 0 Å². The van der Waals surface area contributed by atoms with E-state index in [2.05, 4.69) is 0 Å². The minimum absolute atomic E-state index is 0.0218. The largest absolute Gasteiger partial charge is 0.478 e. The molecule has 0 atom stereocenters. The summed E-state index contributed by atoms with van der Waals surface area (Å²) in [6.07, 6.45) is 1.33. The second kappa shape index (κ2) is 5.87. The quantitative estimate of drug-likeness (QED) is 0.488. The van der Waals surface area contributed by atoms with Crippen molar-refractivity contribution in [3.8, 4) is 5.75 Å². The van der Waals surface area contributed by atoms with E-state index in [9.17, 15) is 19.7 Å². The van der Waals surface area contributed by atoms with Crippen molar-refractivity contribution in [3.63, 3.8) is 0 Å². The number of ketones is 1. The molecule has 0 spiro atoms. The molecule has 0 fully saturated rings. The number of Topliss-reactive ketones (excluding diaryl/α,β-unsaturated/α-hetero) is 1. The summed E-state index contributed by atoms with van der Waals surface area (Å²) >= 11 is 0. The van der Waals surface area contributed by atoms with Gasteiger partial charge in [-0.25, -0.2) is 0 Å². The van der Waals surface area contributed by atoms with Crippen LogP contribution in [0.25, 0.3) is 0 Å². The molecule has 0 radical (unpaired) electrons. The number of nitro groups is 1. The number of furan rings is 1. The van der Waals surface area contributed by atoms with Crippen LogP contribution in [0.5, 0.6) is 5.75 Å². The Bertz CT molecular complexity index is 693. The standard InChI is InChI=1S/C13H10N2O6/c14-13(17)8-3-4-11(9(6-8)15(18)19)21-7-10(16)12-2-1-5-20-12/h1-6H,7H2,(H2,14,17). The number of benzene rings is 1. The molecule has 21 heavy (non-hydrogen) atoms. The van der Waals surface area contributed by atoms with Crippen LogP contribution < -0.4 is 10.5 Å². The first-order valence-corrected chi connectivity index (χ1v) is 5.77. The fourth-order valence-electron chi connectivity index (χ4n) is 1.59. The molecule has 0 unspecified atom stereocenters. The van der Waals surface area contributed by atoms with Gasteiger partial charge < -0.3 is 14.9 Å². The average Bonchev–Trinajstić information content (AvgIpc) is 2.98. The summed E-state index contributed by atoms with van der Waals surface area (Å²) in [5.74, 6) is -1.30. The second-order valence-electron chi connectivity index (χ2n) is 3.99. The first-order chi connectivity index (χ1) is 9.99. The van der Waals surface area contributed by atoms with Gasteiger partial charge in [-0.15, -0.1) is 0 Å². The van der Waals surface area contributed by atoms with Crippen molar-refractivity contribution in [1.29, 1.82) is 0 Å². The van der Waals surface area contributed by atoms with Gasteiger partial charge in [0.1, 0.15) is 0 Å². The molecular formula is C13H10N2O6. The van der Waals surface area contributed by atoms with Crippen LogP contribution in [0.3, 0.4) is 0 Å². The molecule has 1 aromatic carbocycles. The molecule has 0 bridgehead atoms. The molecule has 8 heteroatoms. The van der Waals surface area contributed by atoms with Crippen LogP contribution in [0.2, 0.25) is 0 Å². The van der Waals surface area contributed by atoms with Gasteiger partial charge in [0.05, 0.1) is 11.2 Å². The van der Waals surface area contributed by atoms with Crippen molar-refractivity contribution in [3.05, 3.63) is 58.0 Å². The Hall–Kier alpha value is -3.16. The van der Waals surface area contributed by atoms with E-state index in [-0.39, 0.29) is 17.1 Å². The second-order valence-corrected chi connectivity index (χ2v) is 3.99. The van der Waals surface area contributed by atoms with E-state index in [0.29, 0.717) is 0 Å². The molecule has 1 heterocycles. The zero-order valence-corrected chi connectivity index (χ0v) is 10.6. The van der Waals surface area contributed by atoms with E-state index < -0.39 is 28.9 Å². The van der Waals surface area contributed by atoms with Crippen molar-refractivity contribution in [2.75, 3.05) is 6.61 Å². The number of nitrogens with two attached hydrogens (primary N) is 1. The van der Waals surface area contributed by atoms with Gasteiger partial charge in [-0.3, -0.25) is 19.7 Å². The molecule has 8 nitrogen and oxygen atoms in total. The minimum Gasteiger partial charge on any atom is -0.478 e. The Morgan fingerprint density at radius 1 is 1.33 bits per heavy atom. The number of hydrogen-bond donors (Lipinski definition) is 1. The van der Waals surface area contributed by atoms with Gasteiger partial charge >= 0.3 is 5.69 Å². The Labute approximate surface area is 118 Å². The van der Waals surface area contributed by atoms with Gasteiger partial charge in [-0.2, -0.15) is 0 Å². The lowest BCUT2D eigenvalue weighted by Crippen LogP contribution is -2.13. The van der Waals surface area contributed by atoms with E-state index in [4.69, 9.17) is 14.9 Å². The topological polar surface area (TPSA) is 126 Å². The summed E-state index contributed by atoms with van der Waals surface area (Å²) in [6.45, 7) is -0.426. The smallest absolute Gasteiger partial charge is 0.311 e. The molecule has 2 N–H and O–H groups in total. The lowest BCUT2D eigenvalue weighted by molar-refractivity contribution is -0.385. The SMILES string of the molecule is NC(=O)c1ccc(OCC(=O)c2ccco2)c([N+](=O)[O-])c1. The molecule has 0 saturated carbocycles. The van der Waals surface area contributed by atoms with E-state index in [1.165, 1.54) is 30.5 Å². The lowest BCUT2D eigenvalue weighted by atomic mass is 10.2. The molecule has 2 rings (SSSR count). The van der Waals surface area contributed by atoms with Gasteiger partial charge in [0.2, 0.25) is 11.7 Å². The maximum absolute atomic E-state index is 11.7. The molecule has 0 saturated heterocycles. The molecule has 2 aromatic rings. The van der Waals surface area contributed by atoms with Crippen molar-refractivity contribution < 1.29 is 23.7 Å². The predicted octanol–water partition coefficient (Wildman–Crippen LogP) is 1.55. The van der Waals surface area contributed by atoms with Crippen LogP contribution in [0.15, 0.2) is 41.0 Å². The number of ether oxygens (including phenoxy) is 1. The summed E-state index contributed by atoms with van der Waals surface area (Å²) in [4.78, 5) is 32.9. The normalized spacial score (nSPS) is 10.1. The zero-order chi connectivity index (χ0) is 15.4. The Kier molecular flexibility index (Phi) is 3.98. The third-order valence-electron chi connectivity index (χ3n) is 2.59. The number of nitro benzene ring substituents is 1. The molecular weight excluding hydrogens is 280 g/mol. The fourth-order valence-corrected chi connectivity index (χ4v) is 1.59. The van der Waals surface area contributed by atoms with Gasteiger partial charge in [-0.1, -0.05) is 0 Å². The maximum Gasteiger partial charge on any atom is 0.311 e. The van der Waals surface area contributed by atoms with Gasteiger partial charge in [0, 0.05) is 11.6 Å². The highest BCUT2D eigenvalue weighted by Gasteiger charge is 2.19. The molecule has 1 aromatic heterocycles. The zero-order valence-electron chi connectivity index (χ0n) is 10.6. The number of hydrogen-bond acceptors (Lipinski definition) is 6. The minimum atomic E-state index is -0.795. The summed E-state index contributed by atoms with van der Waals surface area (Å²) in [6, 6.07) is 6.48. The first kappa shape index (κ1) is 14.3. The highest BCUT2D eigenvalue weighted by molar-refractivity contribution is 5.95. The summed E-state index contributed by atoms with van der Waals surface area (Å²) in [5, 5.41) is 10.9. The third kappa shape index (κ3) is 3.24. The van der Waals surface area contributed by atoms with Crippen molar-refractivity contribution >= 4 is 17.4 Å². The van der Waals surface area contributed by atoms with Crippen molar-refractivity contribution in [1.82, 2.24) is 0 Å². The predicted molar refractivity (Wildman–Crippen MR) is 70.1 cm³/mol. The lowest BCUT2D eigenvalue weighted by Gasteiger charge is -2.06. The van der Waals surface area contributed by atoms with Crippen LogP contribution in [-0.4, -0.2) is 23.2 Å². The summed E-state index contributed by atoms with van der Waals surface area (Å²) in [5.41, 5.74) is 4.58. The fraction of sp³-hybridized carbons (Fsp3) is 0.0769. The third-order valence-corrected chi connectivity index (χ3v) is 2.59. The molecule has 0 aliphatic carbocycles. The molecule has 108 valence electrons. The first-order valence-electron chi connectivity index (χ1n) is 5.77. The van der Waals surface area contributed by atoms with E-state index in [1.54, 1.807) is 0 Å². The monoisotopic (exact) mass is 290 g/mol. The van der Waals surface area contributed by atoms with E-state index >= 15 is 0 Å². The van der Waals surface area contributed by atoms with Crippen molar-refractivity contribution in [2.24, 2.45) is 5.73 Å². The van der Waals surface area contributed by atoms with Crippen LogP contribution in [0, 0.1) is 10.1 Å². The van der Waals surface area contributed by atoms with E-state index in [1.807, 2.05) is 0 Å². The van der Waals surface area contributed by atoms with Crippen LogP contribution >= 0.6 is 0 Å². The Balaban J connectivity index is 2.18. The summed E-state index contributed by atoms with van der Waals surface area (Å²) in [7, 11) is 0. The van der Waals surface area contributed by atoms with E-state index in [0.717, 1.165) is 6.07 Å². The van der Waals surface area contributed by atoms with Gasteiger partial charge in [-0.05, 0) is 24.3 Å². The Morgan fingerprint density at radius 3 is 2.67 bits per heavy atom. The van der Waals surface area contributed by atoms with Crippen LogP contribution in [0.4, 0.5) is 5.69 Å². The Morgan fingerprint density at radius 2 is 2.10 bits per heavy atom. The molecule has 0 aliphatic heterocycles. The average molecular weight is 290 g/mol.